The molecule has 2 aromatic carbocycles. The molecule has 0 saturated heterocycles. The van der Waals surface area contributed by atoms with Crippen LogP contribution in [0.4, 0.5) is 10.1 Å². The molecule has 0 spiro atoms. The molecule has 0 fully saturated rings. The molecule has 0 bridgehead atoms. The molecule has 29 heavy (non-hydrogen) atoms. The summed E-state index contributed by atoms with van der Waals surface area (Å²) in [6, 6.07) is 11.8. The number of benzene rings is 2. The van der Waals surface area contributed by atoms with E-state index in [0.717, 1.165) is 0 Å². The third-order valence-corrected chi connectivity index (χ3v) is 3.39. The number of rotatable bonds is 9. The highest BCUT2D eigenvalue weighted by Gasteiger charge is 2.09. The third kappa shape index (κ3) is 8.21. The number of nitrogens with one attached hydrogen (secondary N) is 2. The molecule has 2 amide bonds. The average molecular weight is 401 g/mol. The maximum Gasteiger partial charge on any atom is 0.344 e. The van der Waals surface area contributed by atoms with Gasteiger partial charge in [0, 0.05) is 5.69 Å². The fraction of sp³-hybridized carbons (Fsp3) is 0.200. The molecular formula is C20H20FN3O5. The van der Waals surface area contributed by atoms with Gasteiger partial charge in [-0.2, -0.15) is 5.10 Å². The van der Waals surface area contributed by atoms with E-state index in [-0.39, 0.29) is 13.2 Å². The van der Waals surface area contributed by atoms with E-state index < -0.39 is 30.0 Å². The van der Waals surface area contributed by atoms with E-state index in [1.54, 1.807) is 31.2 Å². The Bertz CT molecular complexity index is 867. The summed E-state index contributed by atoms with van der Waals surface area (Å²) >= 11 is 0. The smallest absolute Gasteiger partial charge is 0.344 e. The van der Waals surface area contributed by atoms with Crippen molar-refractivity contribution >= 4 is 29.7 Å². The van der Waals surface area contributed by atoms with Gasteiger partial charge in [-0.1, -0.05) is 0 Å². The summed E-state index contributed by atoms with van der Waals surface area (Å²) in [4.78, 5) is 34.7. The Balaban J connectivity index is 1.74. The Kier molecular flexibility index (Phi) is 8.30. The highest BCUT2D eigenvalue weighted by atomic mass is 19.1. The number of esters is 1. The van der Waals surface area contributed by atoms with Gasteiger partial charge in [0.25, 0.3) is 0 Å². The van der Waals surface area contributed by atoms with Crippen molar-refractivity contribution in [2.24, 2.45) is 5.10 Å². The van der Waals surface area contributed by atoms with Crippen molar-refractivity contribution in [1.82, 2.24) is 5.43 Å². The molecule has 152 valence electrons. The molecule has 0 aromatic heterocycles. The predicted octanol–water partition coefficient (Wildman–Crippen LogP) is 2.25. The molecule has 0 aliphatic rings. The highest BCUT2D eigenvalue weighted by Crippen LogP contribution is 2.11. The summed E-state index contributed by atoms with van der Waals surface area (Å²) in [6.45, 7) is 1.82. The molecule has 2 N–H and O–H groups in total. The standard InChI is InChI=1S/C20H20FN3O5/c1-2-28-20(27)13-29-17-9-3-14(4-10-17)12-22-24-19(26)11-18(25)23-16-7-5-15(21)6-8-16/h3-10,12H,2,11,13H2,1H3,(H,23,25)(H,24,26). The molecule has 0 radical (unpaired) electrons. The van der Waals surface area contributed by atoms with Crippen molar-refractivity contribution in [2.75, 3.05) is 18.5 Å². The Morgan fingerprint density at radius 2 is 1.72 bits per heavy atom. The minimum Gasteiger partial charge on any atom is -0.482 e. The Hall–Kier alpha value is -3.75. The van der Waals surface area contributed by atoms with Crippen molar-refractivity contribution < 1.29 is 28.2 Å². The zero-order valence-electron chi connectivity index (χ0n) is 15.7. The fourth-order valence-electron chi connectivity index (χ4n) is 2.10. The van der Waals surface area contributed by atoms with E-state index in [1.807, 2.05) is 0 Å². The fourth-order valence-corrected chi connectivity index (χ4v) is 2.10. The van der Waals surface area contributed by atoms with Crippen LogP contribution in [0.15, 0.2) is 53.6 Å². The molecule has 0 aliphatic carbocycles. The largest absolute Gasteiger partial charge is 0.482 e. The van der Waals surface area contributed by atoms with Crippen LogP contribution in [0.1, 0.15) is 18.9 Å². The molecule has 8 nitrogen and oxygen atoms in total. The lowest BCUT2D eigenvalue weighted by Gasteiger charge is -2.05. The monoisotopic (exact) mass is 401 g/mol. The molecule has 0 aliphatic heterocycles. The second-order valence-electron chi connectivity index (χ2n) is 5.69. The van der Waals surface area contributed by atoms with Gasteiger partial charge >= 0.3 is 5.97 Å². The first kappa shape index (κ1) is 21.5. The topological polar surface area (TPSA) is 106 Å². The lowest BCUT2D eigenvalue weighted by Crippen LogP contribution is -2.24. The number of hydrazone groups is 1. The molecule has 2 aromatic rings. The zero-order valence-corrected chi connectivity index (χ0v) is 15.7. The number of halogens is 1. The molecule has 9 heteroatoms. The zero-order chi connectivity index (χ0) is 21.1. The number of ether oxygens (including phenoxy) is 2. The van der Waals surface area contributed by atoms with Gasteiger partial charge in [0.05, 0.1) is 12.8 Å². The molecule has 0 atom stereocenters. The first-order chi connectivity index (χ1) is 14.0. The number of carbonyl (C=O) groups is 3. The normalized spacial score (nSPS) is 10.4. The van der Waals surface area contributed by atoms with Gasteiger partial charge in [0.2, 0.25) is 11.8 Å². The van der Waals surface area contributed by atoms with Crippen LogP contribution >= 0.6 is 0 Å². The molecule has 0 heterocycles. The van der Waals surface area contributed by atoms with E-state index in [9.17, 15) is 18.8 Å². The van der Waals surface area contributed by atoms with Crippen LogP contribution in [0.2, 0.25) is 0 Å². The summed E-state index contributed by atoms with van der Waals surface area (Å²) in [7, 11) is 0. The number of hydrogen-bond donors (Lipinski definition) is 2. The average Bonchev–Trinajstić information content (AvgIpc) is 2.69. The van der Waals surface area contributed by atoms with E-state index in [4.69, 9.17) is 9.47 Å². The van der Waals surface area contributed by atoms with Gasteiger partial charge < -0.3 is 14.8 Å². The van der Waals surface area contributed by atoms with E-state index in [2.05, 4.69) is 15.8 Å². The van der Waals surface area contributed by atoms with Crippen molar-refractivity contribution in [3.05, 3.63) is 59.9 Å². The van der Waals surface area contributed by atoms with Crippen LogP contribution in [-0.4, -0.2) is 37.2 Å². The number of nitrogens with zero attached hydrogens (tertiary/aromatic N) is 1. The van der Waals surface area contributed by atoms with Gasteiger partial charge in [0.1, 0.15) is 18.0 Å². The maximum atomic E-state index is 12.8. The van der Waals surface area contributed by atoms with Gasteiger partial charge in [-0.05, 0) is 61.0 Å². The van der Waals surface area contributed by atoms with E-state index in [1.165, 1.54) is 30.5 Å². The van der Waals surface area contributed by atoms with Crippen LogP contribution in [0.3, 0.4) is 0 Å². The molecule has 0 saturated carbocycles. The van der Waals surface area contributed by atoms with Crippen molar-refractivity contribution in [1.29, 1.82) is 0 Å². The van der Waals surface area contributed by atoms with Gasteiger partial charge in [0.15, 0.2) is 6.61 Å². The number of amides is 2. The lowest BCUT2D eigenvalue weighted by atomic mass is 10.2. The Morgan fingerprint density at radius 1 is 1.03 bits per heavy atom. The van der Waals surface area contributed by atoms with Crippen LogP contribution < -0.4 is 15.5 Å². The summed E-state index contributed by atoms with van der Waals surface area (Å²) in [6.07, 6.45) is 0.959. The molecule has 2 rings (SSSR count). The quantitative estimate of drug-likeness (QED) is 0.290. The van der Waals surface area contributed by atoms with Crippen molar-refractivity contribution in [2.45, 2.75) is 13.3 Å². The van der Waals surface area contributed by atoms with E-state index >= 15 is 0 Å². The SMILES string of the molecule is CCOC(=O)COc1ccc(C=NNC(=O)CC(=O)Nc2ccc(F)cc2)cc1. The third-order valence-electron chi connectivity index (χ3n) is 3.39. The van der Waals surface area contributed by atoms with Crippen molar-refractivity contribution in [3.8, 4) is 5.75 Å². The van der Waals surface area contributed by atoms with Crippen LogP contribution in [0.25, 0.3) is 0 Å². The first-order valence-corrected chi connectivity index (χ1v) is 8.72. The molecular weight excluding hydrogens is 381 g/mol. The van der Waals surface area contributed by atoms with Crippen LogP contribution in [0.5, 0.6) is 5.75 Å². The van der Waals surface area contributed by atoms with E-state index in [0.29, 0.717) is 17.0 Å². The predicted molar refractivity (Wildman–Crippen MR) is 104 cm³/mol. The minimum absolute atomic E-state index is 0.183. The van der Waals surface area contributed by atoms with Crippen LogP contribution in [0, 0.1) is 5.82 Å². The summed E-state index contributed by atoms with van der Waals surface area (Å²) in [5.74, 6) is -1.54. The van der Waals surface area contributed by atoms with Gasteiger partial charge in [-0.15, -0.1) is 0 Å². The number of carbonyl (C=O) groups excluding carboxylic acids is 3. The highest BCUT2D eigenvalue weighted by molar-refractivity contribution is 6.03. The number of anilines is 1. The first-order valence-electron chi connectivity index (χ1n) is 8.72. The summed E-state index contributed by atoms with van der Waals surface area (Å²) in [5, 5.41) is 6.25. The Morgan fingerprint density at radius 3 is 2.38 bits per heavy atom. The maximum absolute atomic E-state index is 12.8. The Labute approximate surface area is 166 Å². The number of hydrogen-bond acceptors (Lipinski definition) is 6. The second kappa shape index (κ2) is 11.2. The summed E-state index contributed by atoms with van der Waals surface area (Å²) < 4.78 is 22.8. The lowest BCUT2D eigenvalue weighted by molar-refractivity contribution is -0.145. The molecule has 0 unspecified atom stereocenters. The summed E-state index contributed by atoms with van der Waals surface area (Å²) in [5.41, 5.74) is 3.30. The van der Waals surface area contributed by atoms with Gasteiger partial charge in [-0.3, -0.25) is 9.59 Å². The minimum atomic E-state index is -0.602. The second-order valence-corrected chi connectivity index (χ2v) is 5.69. The van der Waals surface area contributed by atoms with Crippen LogP contribution in [-0.2, 0) is 19.1 Å². The van der Waals surface area contributed by atoms with Gasteiger partial charge in [-0.25, -0.2) is 14.6 Å². The van der Waals surface area contributed by atoms with Crippen molar-refractivity contribution in [3.63, 3.8) is 0 Å².